The summed E-state index contributed by atoms with van der Waals surface area (Å²) in [5.74, 6) is -0.498. The van der Waals surface area contributed by atoms with Crippen molar-refractivity contribution < 1.29 is 19.7 Å². The summed E-state index contributed by atoms with van der Waals surface area (Å²) < 4.78 is 4.55. The average Bonchev–Trinajstić information content (AvgIpc) is 2.58. The summed E-state index contributed by atoms with van der Waals surface area (Å²) in [5, 5.41) is 8.63. The van der Waals surface area contributed by atoms with Gasteiger partial charge in [-0.25, -0.2) is 9.68 Å². The second-order valence-electron chi connectivity index (χ2n) is 6.50. The summed E-state index contributed by atoms with van der Waals surface area (Å²) in [4.78, 5) is 15.3. The fraction of sp³-hybridized carbons (Fsp3) is 0.947. The number of rotatable bonds is 17. The van der Waals surface area contributed by atoms with Crippen molar-refractivity contribution >= 4 is 5.97 Å². The van der Waals surface area contributed by atoms with E-state index in [1.807, 2.05) is 0 Å². The van der Waals surface area contributed by atoms with E-state index < -0.39 is 12.1 Å². The monoisotopic (exact) mass is 330 g/mol. The first-order valence-corrected chi connectivity index (χ1v) is 9.64. The highest BCUT2D eigenvalue weighted by molar-refractivity contribution is 5.74. The van der Waals surface area contributed by atoms with Crippen molar-refractivity contribution in [3.05, 3.63) is 0 Å². The molecule has 23 heavy (non-hydrogen) atoms. The zero-order valence-electron chi connectivity index (χ0n) is 15.4. The van der Waals surface area contributed by atoms with Gasteiger partial charge in [0.1, 0.15) is 0 Å². The van der Waals surface area contributed by atoms with Crippen LogP contribution in [0.25, 0.3) is 0 Å². The molecule has 0 saturated carbocycles. The molecule has 1 unspecified atom stereocenters. The van der Waals surface area contributed by atoms with Crippen LogP contribution in [0.15, 0.2) is 0 Å². The van der Waals surface area contributed by atoms with Crippen LogP contribution in [0.1, 0.15) is 103 Å². The Morgan fingerprint density at radius 3 is 1.52 bits per heavy atom. The Morgan fingerprint density at radius 2 is 1.17 bits per heavy atom. The lowest BCUT2D eigenvalue weighted by Crippen LogP contribution is -2.24. The zero-order valence-corrected chi connectivity index (χ0v) is 15.4. The van der Waals surface area contributed by atoms with Gasteiger partial charge in [-0.2, -0.15) is 0 Å². The van der Waals surface area contributed by atoms with Crippen LogP contribution < -0.4 is 0 Å². The van der Waals surface area contributed by atoms with Gasteiger partial charge in [0.15, 0.2) is 6.10 Å². The maximum absolute atomic E-state index is 11.2. The molecule has 0 aromatic heterocycles. The van der Waals surface area contributed by atoms with Crippen LogP contribution in [0, 0.1) is 0 Å². The van der Waals surface area contributed by atoms with Gasteiger partial charge < -0.3 is 4.74 Å². The Hall–Kier alpha value is -0.610. The van der Waals surface area contributed by atoms with Crippen LogP contribution in [-0.2, 0) is 14.4 Å². The van der Waals surface area contributed by atoms with Crippen LogP contribution in [0.3, 0.4) is 0 Å². The van der Waals surface area contributed by atoms with Gasteiger partial charge in [0.2, 0.25) is 0 Å². The third-order valence-corrected chi connectivity index (χ3v) is 4.41. The molecule has 0 amide bonds. The van der Waals surface area contributed by atoms with Crippen LogP contribution in [0.2, 0.25) is 0 Å². The van der Waals surface area contributed by atoms with Gasteiger partial charge in [-0.15, -0.1) is 0 Å². The molecular formula is C19H38O4. The number of hydrogen-bond donors (Lipinski definition) is 1. The smallest absolute Gasteiger partial charge is 0.338 e. The average molecular weight is 331 g/mol. The Bertz CT molecular complexity index is 256. The molecule has 1 N–H and O–H groups in total. The fourth-order valence-electron chi connectivity index (χ4n) is 2.87. The van der Waals surface area contributed by atoms with E-state index in [9.17, 15) is 4.79 Å². The molecule has 0 aliphatic heterocycles. The van der Waals surface area contributed by atoms with Crippen molar-refractivity contribution in [2.24, 2.45) is 0 Å². The van der Waals surface area contributed by atoms with E-state index in [-0.39, 0.29) is 0 Å². The van der Waals surface area contributed by atoms with Crippen molar-refractivity contribution in [2.45, 2.75) is 109 Å². The molecule has 4 nitrogen and oxygen atoms in total. The molecule has 0 saturated heterocycles. The van der Waals surface area contributed by atoms with Gasteiger partial charge >= 0.3 is 5.97 Å². The highest BCUT2D eigenvalue weighted by Crippen LogP contribution is 2.14. The van der Waals surface area contributed by atoms with Gasteiger partial charge in [0.05, 0.1) is 7.11 Å². The molecular weight excluding hydrogens is 292 g/mol. The highest BCUT2D eigenvalue weighted by atomic mass is 17.1. The Morgan fingerprint density at radius 1 is 0.783 bits per heavy atom. The predicted molar refractivity (Wildman–Crippen MR) is 94.4 cm³/mol. The van der Waals surface area contributed by atoms with E-state index in [1.165, 1.54) is 84.2 Å². The third-order valence-electron chi connectivity index (χ3n) is 4.41. The maximum atomic E-state index is 11.2. The molecule has 0 aromatic carbocycles. The first-order valence-electron chi connectivity index (χ1n) is 9.64. The molecule has 0 radical (unpaired) electrons. The van der Waals surface area contributed by atoms with E-state index in [2.05, 4.69) is 16.5 Å². The molecule has 0 aromatic rings. The van der Waals surface area contributed by atoms with Crippen LogP contribution in [0.5, 0.6) is 0 Å². The lowest BCUT2D eigenvalue weighted by molar-refractivity contribution is -0.278. The Labute approximate surface area is 142 Å². The van der Waals surface area contributed by atoms with Crippen molar-refractivity contribution in [3.63, 3.8) is 0 Å². The summed E-state index contributed by atoms with van der Waals surface area (Å²) in [6.07, 6.45) is 17.9. The first-order chi connectivity index (χ1) is 11.3. The number of carbonyl (C=O) groups excluding carboxylic acids is 1. The second kappa shape index (κ2) is 17.7. The molecule has 0 spiro atoms. The molecule has 0 aliphatic rings. The summed E-state index contributed by atoms with van der Waals surface area (Å²) in [7, 11) is 1.31. The van der Waals surface area contributed by atoms with Crippen molar-refractivity contribution in [3.8, 4) is 0 Å². The highest BCUT2D eigenvalue weighted by Gasteiger charge is 2.19. The predicted octanol–water partition coefficient (Wildman–Crippen LogP) is 5.89. The van der Waals surface area contributed by atoms with E-state index in [0.29, 0.717) is 6.42 Å². The van der Waals surface area contributed by atoms with E-state index in [1.54, 1.807) is 0 Å². The number of hydrogen-bond acceptors (Lipinski definition) is 4. The van der Waals surface area contributed by atoms with Crippen molar-refractivity contribution in [2.75, 3.05) is 7.11 Å². The van der Waals surface area contributed by atoms with Gasteiger partial charge in [-0.05, 0) is 6.42 Å². The lowest BCUT2D eigenvalue weighted by Gasteiger charge is -2.10. The molecule has 0 bridgehead atoms. The number of carbonyl (C=O) groups is 1. The standard InChI is InChI=1S/C19H38O4/c1-3-4-5-6-7-8-9-10-11-12-13-14-15-16-17-18(23-21)19(20)22-2/h18,21H,3-17H2,1-2H3. The minimum Gasteiger partial charge on any atom is -0.467 e. The van der Waals surface area contributed by atoms with Crippen molar-refractivity contribution in [1.82, 2.24) is 0 Å². The summed E-state index contributed by atoms with van der Waals surface area (Å²) >= 11 is 0. The minimum absolute atomic E-state index is 0.498. The van der Waals surface area contributed by atoms with Crippen LogP contribution in [-0.4, -0.2) is 24.4 Å². The Balaban J connectivity index is 3.20. The Kier molecular flexibility index (Phi) is 17.3. The number of esters is 1. The molecule has 1 atom stereocenters. The lowest BCUT2D eigenvalue weighted by atomic mass is 10.0. The summed E-state index contributed by atoms with van der Waals surface area (Å²) in [6, 6.07) is 0. The van der Waals surface area contributed by atoms with Gasteiger partial charge in [0.25, 0.3) is 0 Å². The van der Waals surface area contributed by atoms with Crippen LogP contribution >= 0.6 is 0 Å². The number of unbranched alkanes of at least 4 members (excludes halogenated alkanes) is 13. The second-order valence-corrected chi connectivity index (χ2v) is 6.50. The van der Waals surface area contributed by atoms with E-state index >= 15 is 0 Å². The summed E-state index contributed by atoms with van der Waals surface area (Å²) in [6.45, 7) is 2.26. The molecule has 0 rings (SSSR count). The van der Waals surface area contributed by atoms with Gasteiger partial charge in [-0.3, -0.25) is 5.26 Å². The molecule has 4 heteroatoms. The fourth-order valence-corrected chi connectivity index (χ4v) is 2.87. The minimum atomic E-state index is -0.822. The molecule has 0 aliphatic carbocycles. The van der Waals surface area contributed by atoms with Gasteiger partial charge in [0, 0.05) is 0 Å². The third kappa shape index (κ3) is 14.7. The normalized spacial score (nSPS) is 12.3. The SMILES string of the molecule is CCCCCCCCCCCCCCCCC(OO)C(=O)OC. The number of ether oxygens (including phenoxy) is 1. The van der Waals surface area contributed by atoms with E-state index in [4.69, 9.17) is 5.26 Å². The molecule has 0 heterocycles. The van der Waals surface area contributed by atoms with E-state index in [0.717, 1.165) is 12.8 Å². The first kappa shape index (κ1) is 22.4. The summed E-state index contributed by atoms with van der Waals surface area (Å²) in [5.41, 5.74) is 0. The van der Waals surface area contributed by atoms with Gasteiger partial charge in [-0.1, -0.05) is 96.8 Å². The largest absolute Gasteiger partial charge is 0.467 e. The molecule has 0 fully saturated rings. The van der Waals surface area contributed by atoms with Crippen molar-refractivity contribution in [1.29, 1.82) is 0 Å². The zero-order chi connectivity index (χ0) is 17.2. The number of methoxy groups -OCH3 is 1. The maximum Gasteiger partial charge on any atom is 0.338 e. The van der Waals surface area contributed by atoms with Crippen LogP contribution in [0.4, 0.5) is 0 Å². The molecule has 138 valence electrons. The quantitative estimate of drug-likeness (QED) is 0.156. The topological polar surface area (TPSA) is 55.8 Å².